The molecule has 9 heavy (non-hydrogen) atoms. The Morgan fingerprint density at radius 3 is 2.78 bits per heavy atom. The van der Waals surface area contributed by atoms with Crippen LogP contribution in [0.1, 0.15) is 0 Å². The van der Waals surface area contributed by atoms with Gasteiger partial charge in [-0.25, -0.2) is 0 Å². The largest absolute Gasteiger partial charge is 0.495 e. The third-order valence-electron chi connectivity index (χ3n) is 1.09. The SMILES string of the molecule is Bc1cncc(OC)c1. The van der Waals surface area contributed by atoms with Crippen molar-refractivity contribution in [3.05, 3.63) is 18.5 Å². The van der Waals surface area contributed by atoms with Crippen LogP contribution in [-0.2, 0) is 0 Å². The molecule has 0 saturated heterocycles. The van der Waals surface area contributed by atoms with Gasteiger partial charge in [-0.05, 0) is 6.07 Å². The number of pyridine rings is 1. The molecule has 0 aromatic carbocycles. The normalized spacial score (nSPS) is 9.00. The van der Waals surface area contributed by atoms with E-state index < -0.39 is 0 Å². The Morgan fingerprint density at radius 2 is 2.33 bits per heavy atom. The number of hydrogen-bond acceptors (Lipinski definition) is 2. The zero-order valence-electron chi connectivity index (χ0n) is 5.59. The standard InChI is InChI=1S/C6H8BNO/c1-9-6-2-5(7)3-8-4-6/h2-4H,7H2,1H3. The fourth-order valence-electron chi connectivity index (χ4n) is 0.639. The van der Waals surface area contributed by atoms with Crippen LogP contribution in [0.5, 0.6) is 5.75 Å². The van der Waals surface area contributed by atoms with Gasteiger partial charge in [0.1, 0.15) is 13.6 Å². The molecule has 0 N–H and O–H groups in total. The van der Waals surface area contributed by atoms with Crippen molar-refractivity contribution < 1.29 is 4.74 Å². The first-order valence-corrected chi connectivity index (χ1v) is 2.78. The molecule has 0 saturated carbocycles. The van der Waals surface area contributed by atoms with Crippen LogP contribution in [0.4, 0.5) is 0 Å². The fourth-order valence-corrected chi connectivity index (χ4v) is 0.639. The van der Waals surface area contributed by atoms with Crippen molar-refractivity contribution in [2.75, 3.05) is 7.11 Å². The van der Waals surface area contributed by atoms with Crippen LogP contribution in [0.3, 0.4) is 0 Å². The Morgan fingerprint density at radius 1 is 1.56 bits per heavy atom. The molecule has 1 heterocycles. The molecule has 0 atom stereocenters. The summed E-state index contributed by atoms with van der Waals surface area (Å²) in [6.07, 6.45) is 3.48. The van der Waals surface area contributed by atoms with Gasteiger partial charge in [0, 0.05) is 6.20 Å². The minimum atomic E-state index is 0.815. The molecule has 0 amide bonds. The van der Waals surface area contributed by atoms with Crippen molar-refractivity contribution in [3.63, 3.8) is 0 Å². The quantitative estimate of drug-likeness (QED) is 0.460. The minimum absolute atomic E-state index is 0.815. The van der Waals surface area contributed by atoms with Crippen molar-refractivity contribution in [3.8, 4) is 5.75 Å². The second-order valence-corrected chi connectivity index (χ2v) is 1.90. The molecule has 0 aliphatic heterocycles. The Bertz CT molecular complexity index is 202. The van der Waals surface area contributed by atoms with Gasteiger partial charge in [0.2, 0.25) is 0 Å². The summed E-state index contributed by atoms with van der Waals surface area (Å²) in [6, 6.07) is 1.94. The van der Waals surface area contributed by atoms with Gasteiger partial charge in [-0.1, -0.05) is 5.46 Å². The van der Waals surface area contributed by atoms with Crippen molar-refractivity contribution >= 4 is 13.3 Å². The van der Waals surface area contributed by atoms with E-state index in [1.807, 2.05) is 13.9 Å². The van der Waals surface area contributed by atoms with Gasteiger partial charge in [-0.15, -0.1) is 0 Å². The van der Waals surface area contributed by atoms with Crippen molar-refractivity contribution in [2.24, 2.45) is 0 Å². The second kappa shape index (κ2) is 2.53. The molecule has 0 bridgehead atoms. The van der Waals surface area contributed by atoms with Gasteiger partial charge >= 0.3 is 0 Å². The van der Waals surface area contributed by atoms with Gasteiger partial charge in [-0.3, -0.25) is 4.98 Å². The van der Waals surface area contributed by atoms with E-state index in [0.717, 1.165) is 11.2 Å². The van der Waals surface area contributed by atoms with E-state index in [4.69, 9.17) is 4.74 Å². The van der Waals surface area contributed by atoms with Crippen molar-refractivity contribution in [2.45, 2.75) is 0 Å². The molecule has 0 spiro atoms. The maximum atomic E-state index is 4.93. The Labute approximate surface area is 55.3 Å². The smallest absolute Gasteiger partial charge is 0.141 e. The highest BCUT2D eigenvalue weighted by Crippen LogP contribution is 2.01. The molecular formula is C6H8BNO. The number of ether oxygens (including phenoxy) is 1. The Kier molecular flexibility index (Phi) is 1.73. The summed E-state index contributed by atoms with van der Waals surface area (Å²) in [7, 11) is 3.62. The third-order valence-corrected chi connectivity index (χ3v) is 1.09. The van der Waals surface area contributed by atoms with Crippen LogP contribution >= 0.6 is 0 Å². The molecule has 0 radical (unpaired) electrons. The van der Waals surface area contributed by atoms with Crippen LogP contribution in [0.25, 0.3) is 0 Å². The molecule has 0 unspecified atom stereocenters. The highest BCUT2D eigenvalue weighted by molar-refractivity contribution is 6.32. The summed E-state index contributed by atoms with van der Waals surface area (Å²) in [4.78, 5) is 3.93. The average molecular weight is 121 g/mol. The topological polar surface area (TPSA) is 22.1 Å². The molecule has 0 fully saturated rings. The van der Waals surface area contributed by atoms with Crippen molar-refractivity contribution in [1.29, 1.82) is 0 Å². The van der Waals surface area contributed by atoms with E-state index in [1.54, 1.807) is 19.5 Å². The number of hydrogen-bond donors (Lipinski definition) is 0. The van der Waals surface area contributed by atoms with E-state index in [1.165, 1.54) is 0 Å². The monoisotopic (exact) mass is 121 g/mol. The zero-order valence-corrected chi connectivity index (χ0v) is 5.59. The highest BCUT2D eigenvalue weighted by Gasteiger charge is 1.88. The van der Waals surface area contributed by atoms with E-state index in [-0.39, 0.29) is 0 Å². The minimum Gasteiger partial charge on any atom is -0.495 e. The lowest BCUT2D eigenvalue weighted by atomic mass is 9.99. The van der Waals surface area contributed by atoms with Gasteiger partial charge in [0.25, 0.3) is 0 Å². The van der Waals surface area contributed by atoms with Gasteiger partial charge in [-0.2, -0.15) is 0 Å². The van der Waals surface area contributed by atoms with Gasteiger partial charge in [0.15, 0.2) is 0 Å². The summed E-state index contributed by atoms with van der Waals surface area (Å²) in [5.74, 6) is 0.815. The molecule has 0 aliphatic rings. The van der Waals surface area contributed by atoms with Crippen LogP contribution in [0.2, 0.25) is 0 Å². The van der Waals surface area contributed by atoms with Crippen LogP contribution in [-0.4, -0.2) is 19.9 Å². The number of aromatic nitrogens is 1. The molecule has 1 aromatic rings. The third kappa shape index (κ3) is 1.45. The van der Waals surface area contributed by atoms with E-state index in [0.29, 0.717) is 0 Å². The van der Waals surface area contributed by atoms with Crippen LogP contribution < -0.4 is 10.2 Å². The first kappa shape index (κ1) is 6.14. The summed E-state index contributed by atoms with van der Waals surface area (Å²) in [5.41, 5.74) is 1.12. The molecule has 2 nitrogen and oxygen atoms in total. The number of nitrogens with zero attached hydrogens (tertiary/aromatic N) is 1. The molecule has 1 rings (SSSR count). The molecule has 1 aromatic heterocycles. The van der Waals surface area contributed by atoms with E-state index >= 15 is 0 Å². The lowest BCUT2D eigenvalue weighted by Crippen LogP contribution is -2.02. The predicted octanol–water partition coefficient (Wildman–Crippen LogP) is -0.651. The van der Waals surface area contributed by atoms with Crippen molar-refractivity contribution in [1.82, 2.24) is 4.98 Å². The molecular weight excluding hydrogens is 113 g/mol. The van der Waals surface area contributed by atoms with E-state index in [2.05, 4.69) is 4.98 Å². The van der Waals surface area contributed by atoms with Gasteiger partial charge in [0.05, 0.1) is 13.3 Å². The highest BCUT2D eigenvalue weighted by atomic mass is 16.5. The van der Waals surface area contributed by atoms with Gasteiger partial charge < -0.3 is 4.74 Å². The zero-order chi connectivity index (χ0) is 6.69. The molecule has 46 valence electrons. The first-order valence-electron chi connectivity index (χ1n) is 2.78. The molecule has 0 aliphatic carbocycles. The Balaban J connectivity index is 2.94. The maximum absolute atomic E-state index is 4.93. The summed E-state index contributed by atoms with van der Waals surface area (Å²) in [5, 5.41) is 0. The summed E-state index contributed by atoms with van der Waals surface area (Å²) >= 11 is 0. The predicted molar refractivity (Wildman–Crippen MR) is 39.0 cm³/mol. The van der Waals surface area contributed by atoms with E-state index in [9.17, 15) is 0 Å². The fraction of sp³-hybridized carbons (Fsp3) is 0.167. The second-order valence-electron chi connectivity index (χ2n) is 1.90. The Hall–Kier alpha value is -0.985. The number of methoxy groups -OCH3 is 1. The lowest BCUT2D eigenvalue weighted by molar-refractivity contribution is 0.413. The average Bonchev–Trinajstić information content (AvgIpc) is 1.88. The first-order chi connectivity index (χ1) is 4.33. The summed E-state index contributed by atoms with van der Waals surface area (Å²) in [6.45, 7) is 0. The summed E-state index contributed by atoms with van der Waals surface area (Å²) < 4.78 is 4.93. The lowest BCUT2D eigenvalue weighted by Gasteiger charge is -1.97. The van der Waals surface area contributed by atoms with Crippen LogP contribution in [0, 0.1) is 0 Å². The maximum Gasteiger partial charge on any atom is 0.141 e. The molecule has 3 heteroatoms. The van der Waals surface area contributed by atoms with Crippen LogP contribution in [0.15, 0.2) is 18.5 Å². The number of rotatable bonds is 1.